The number of tetrazole rings is 1. The number of hydrogen-bond donors (Lipinski definition) is 4. The minimum absolute atomic E-state index is 0.209. The number of anilines is 1. The molecule has 2 unspecified atom stereocenters. The second-order valence-corrected chi connectivity index (χ2v) is 9.04. The van der Waals surface area contributed by atoms with Crippen LogP contribution in [-0.2, 0) is 0 Å². The molecule has 1 aliphatic carbocycles. The van der Waals surface area contributed by atoms with E-state index in [0.29, 0.717) is 23.0 Å². The summed E-state index contributed by atoms with van der Waals surface area (Å²) in [6.45, 7) is 0. The van der Waals surface area contributed by atoms with Crippen LogP contribution in [0.5, 0.6) is 0 Å². The van der Waals surface area contributed by atoms with Gasteiger partial charge in [-0.25, -0.2) is 9.78 Å². The van der Waals surface area contributed by atoms with Crippen molar-refractivity contribution in [3.8, 4) is 28.1 Å². The molecule has 6 rings (SSSR count). The van der Waals surface area contributed by atoms with Crippen LogP contribution in [0.1, 0.15) is 35.5 Å². The molecule has 1 amide bonds. The highest BCUT2D eigenvalue weighted by molar-refractivity contribution is 6.31. The number of pyridine rings is 1. The number of aromatic nitrogens is 7. The van der Waals surface area contributed by atoms with Crippen molar-refractivity contribution >= 4 is 23.4 Å². The molecule has 12 heteroatoms. The number of H-pyrrole nitrogens is 1. The van der Waals surface area contributed by atoms with E-state index < -0.39 is 12.2 Å². The summed E-state index contributed by atoms with van der Waals surface area (Å²) in [5.74, 6) is 0.483. The second-order valence-electron chi connectivity index (χ2n) is 8.61. The van der Waals surface area contributed by atoms with Gasteiger partial charge in [0.25, 0.3) is 0 Å². The number of rotatable bonds is 5. The number of benzene rings is 2. The topological polar surface area (TPSA) is 155 Å². The fourth-order valence-corrected chi connectivity index (χ4v) is 4.80. The number of aromatic amines is 1. The maximum Gasteiger partial charge on any atom is 0.409 e. The van der Waals surface area contributed by atoms with E-state index in [2.05, 4.69) is 30.8 Å². The highest BCUT2D eigenvalue weighted by atomic mass is 35.5. The summed E-state index contributed by atoms with van der Waals surface area (Å²) >= 11 is 6.29. The molecule has 0 radical (unpaired) electrons. The molecule has 4 N–H and O–H groups in total. The molecule has 3 aromatic heterocycles. The largest absolute Gasteiger partial charge is 0.465 e. The van der Waals surface area contributed by atoms with Gasteiger partial charge in [-0.2, -0.15) is 4.68 Å². The maximum absolute atomic E-state index is 10.9. The number of fused-ring (bicyclic) bond motifs is 1. The van der Waals surface area contributed by atoms with Gasteiger partial charge < -0.3 is 15.2 Å². The number of aliphatic hydroxyl groups excluding tert-OH is 1. The number of imidazole rings is 1. The quantitative estimate of drug-likeness (QED) is 0.268. The number of nitrogens with zero attached hydrogens (tertiary/aromatic N) is 6. The Morgan fingerprint density at radius 1 is 1.08 bits per heavy atom. The Morgan fingerprint density at radius 2 is 1.92 bits per heavy atom. The van der Waals surface area contributed by atoms with Gasteiger partial charge in [-0.05, 0) is 58.8 Å². The highest BCUT2D eigenvalue weighted by Crippen LogP contribution is 2.44. The minimum atomic E-state index is -1.12. The van der Waals surface area contributed by atoms with Gasteiger partial charge in [-0.3, -0.25) is 10.3 Å². The molecule has 3 heterocycles. The van der Waals surface area contributed by atoms with E-state index in [1.54, 1.807) is 47.4 Å². The number of nitrogens with one attached hydrogen (secondary N) is 2. The van der Waals surface area contributed by atoms with Crippen LogP contribution in [0.25, 0.3) is 28.1 Å². The maximum atomic E-state index is 10.9. The summed E-state index contributed by atoms with van der Waals surface area (Å²) in [6.07, 6.45) is 3.59. The Hall–Kier alpha value is -4.61. The second kappa shape index (κ2) is 9.12. The van der Waals surface area contributed by atoms with E-state index in [1.807, 2.05) is 18.2 Å². The molecule has 0 fully saturated rings. The summed E-state index contributed by atoms with van der Waals surface area (Å²) in [6, 6.07) is 14.3. The molecule has 5 aromatic rings. The molecule has 0 spiro atoms. The van der Waals surface area contributed by atoms with Gasteiger partial charge in [0.1, 0.15) is 12.2 Å². The van der Waals surface area contributed by atoms with Gasteiger partial charge in [0.05, 0.1) is 35.3 Å². The lowest BCUT2D eigenvalue weighted by atomic mass is 10.0. The van der Waals surface area contributed by atoms with Crippen LogP contribution in [0.15, 0.2) is 67.3 Å². The van der Waals surface area contributed by atoms with Crippen molar-refractivity contribution in [1.82, 2.24) is 35.2 Å². The average Bonchev–Trinajstić information content (AvgIpc) is 3.65. The zero-order valence-electron chi connectivity index (χ0n) is 19.1. The van der Waals surface area contributed by atoms with Gasteiger partial charge >= 0.3 is 6.09 Å². The molecule has 184 valence electrons. The van der Waals surface area contributed by atoms with Gasteiger partial charge in [0.15, 0.2) is 0 Å². The first-order valence-corrected chi connectivity index (χ1v) is 11.7. The SMILES string of the molecule is O=C(O)Nc1ccc(-c2cnc(C3CC(O)c4cc(-c5cc(Cl)ccc5-n5cnnn5)cnc43)[nH]2)cc1. The van der Waals surface area contributed by atoms with Crippen molar-refractivity contribution < 1.29 is 15.0 Å². The number of amides is 1. The molecule has 0 saturated carbocycles. The highest BCUT2D eigenvalue weighted by Gasteiger charge is 2.34. The predicted molar refractivity (Wildman–Crippen MR) is 134 cm³/mol. The summed E-state index contributed by atoms with van der Waals surface area (Å²) < 4.78 is 1.55. The standard InChI is InChI=1S/C25H19ClN8O3/c26-15-3-6-21(34-12-29-32-33-34)17(8-15)14-7-18-22(35)9-19(23(18)27-10-14)24-28-11-20(31-24)13-1-4-16(5-2-13)30-25(36)37/h1-8,10-12,19,22,30,35H,9H2,(H,28,31)(H,36,37). The van der Waals surface area contributed by atoms with E-state index in [1.165, 1.54) is 6.33 Å². The van der Waals surface area contributed by atoms with Crippen molar-refractivity contribution in [3.63, 3.8) is 0 Å². The molecular weight excluding hydrogens is 496 g/mol. The van der Waals surface area contributed by atoms with Gasteiger partial charge in [0, 0.05) is 33.6 Å². The summed E-state index contributed by atoms with van der Waals surface area (Å²) in [7, 11) is 0. The third kappa shape index (κ3) is 4.30. The van der Waals surface area contributed by atoms with Crippen LogP contribution < -0.4 is 5.32 Å². The Morgan fingerprint density at radius 3 is 2.68 bits per heavy atom. The van der Waals surface area contributed by atoms with Crippen LogP contribution in [0.3, 0.4) is 0 Å². The molecule has 0 saturated heterocycles. The zero-order valence-corrected chi connectivity index (χ0v) is 19.8. The number of halogens is 1. The third-order valence-corrected chi connectivity index (χ3v) is 6.57. The molecule has 1 aliphatic rings. The van der Waals surface area contributed by atoms with Crippen LogP contribution >= 0.6 is 11.6 Å². The van der Waals surface area contributed by atoms with Crippen LogP contribution in [-0.4, -0.2) is 51.5 Å². The van der Waals surface area contributed by atoms with Crippen molar-refractivity contribution in [2.45, 2.75) is 18.4 Å². The van der Waals surface area contributed by atoms with Gasteiger partial charge in [-0.15, -0.1) is 5.10 Å². The lowest BCUT2D eigenvalue weighted by molar-refractivity contribution is 0.175. The Labute approximate surface area is 214 Å². The average molecular weight is 515 g/mol. The minimum Gasteiger partial charge on any atom is -0.465 e. The molecule has 0 aliphatic heterocycles. The lowest BCUT2D eigenvalue weighted by Crippen LogP contribution is -2.06. The molecule has 2 aromatic carbocycles. The van der Waals surface area contributed by atoms with Crippen LogP contribution in [0.2, 0.25) is 5.02 Å². The Bertz CT molecular complexity index is 1600. The van der Waals surface area contributed by atoms with Crippen molar-refractivity contribution in [3.05, 3.63) is 89.4 Å². The zero-order chi connectivity index (χ0) is 25.5. The number of carbonyl (C=O) groups is 1. The van der Waals surface area contributed by atoms with E-state index in [-0.39, 0.29) is 5.92 Å². The van der Waals surface area contributed by atoms with E-state index >= 15 is 0 Å². The molecule has 2 atom stereocenters. The third-order valence-electron chi connectivity index (χ3n) is 6.34. The first-order chi connectivity index (χ1) is 18.0. The fourth-order valence-electron chi connectivity index (χ4n) is 4.63. The molecule has 37 heavy (non-hydrogen) atoms. The number of carboxylic acid groups (broad SMARTS) is 1. The first-order valence-electron chi connectivity index (χ1n) is 11.3. The summed E-state index contributed by atoms with van der Waals surface area (Å²) in [5, 5.41) is 34.1. The number of hydrogen-bond acceptors (Lipinski definition) is 7. The van der Waals surface area contributed by atoms with Crippen LogP contribution in [0, 0.1) is 0 Å². The van der Waals surface area contributed by atoms with E-state index in [0.717, 1.165) is 39.3 Å². The predicted octanol–water partition coefficient (Wildman–Crippen LogP) is 4.43. The molecule has 0 bridgehead atoms. The summed E-state index contributed by atoms with van der Waals surface area (Å²) in [4.78, 5) is 23.4. The van der Waals surface area contributed by atoms with Crippen molar-refractivity contribution in [2.24, 2.45) is 0 Å². The fraction of sp³-hybridized carbons (Fsp3) is 0.120. The normalized spacial score (nSPS) is 16.5. The van der Waals surface area contributed by atoms with E-state index in [9.17, 15) is 9.90 Å². The summed E-state index contributed by atoms with van der Waals surface area (Å²) in [5.41, 5.74) is 5.89. The van der Waals surface area contributed by atoms with E-state index in [4.69, 9.17) is 21.7 Å². The first kappa shape index (κ1) is 22.8. The lowest BCUT2D eigenvalue weighted by Gasteiger charge is -2.12. The molecule has 11 nitrogen and oxygen atoms in total. The Balaban J connectivity index is 1.31. The van der Waals surface area contributed by atoms with Crippen molar-refractivity contribution in [1.29, 1.82) is 0 Å². The number of aliphatic hydroxyl groups is 1. The van der Waals surface area contributed by atoms with Gasteiger partial charge in [0.2, 0.25) is 0 Å². The Kier molecular flexibility index (Phi) is 5.63. The molecular formula is C25H19ClN8O3. The monoisotopic (exact) mass is 514 g/mol. The van der Waals surface area contributed by atoms with Crippen molar-refractivity contribution in [2.75, 3.05) is 5.32 Å². The smallest absolute Gasteiger partial charge is 0.409 e. The van der Waals surface area contributed by atoms with Crippen LogP contribution in [0.4, 0.5) is 10.5 Å². The van der Waals surface area contributed by atoms with Gasteiger partial charge in [-0.1, -0.05) is 23.7 Å².